The summed E-state index contributed by atoms with van der Waals surface area (Å²) >= 11 is 0. The number of hydrogen-bond acceptors (Lipinski definition) is 4. The Morgan fingerprint density at radius 3 is 2.91 bits per heavy atom. The highest BCUT2D eigenvalue weighted by molar-refractivity contribution is 6.04. The molecule has 3 N–H and O–H groups in total. The molecule has 0 saturated heterocycles. The maximum atomic E-state index is 12.1. The summed E-state index contributed by atoms with van der Waals surface area (Å²) in [7, 11) is 1.57. The highest BCUT2D eigenvalue weighted by Crippen LogP contribution is 2.20. The van der Waals surface area contributed by atoms with Crippen molar-refractivity contribution in [3.05, 3.63) is 42.1 Å². The third kappa shape index (κ3) is 2.83. The second-order valence-electron chi connectivity index (χ2n) is 4.73. The number of carbonyl (C=O) groups excluding carboxylic acids is 1. The Morgan fingerprint density at radius 1 is 1.23 bits per heavy atom. The molecule has 2 amide bonds. The summed E-state index contributed by atoms with van der Waals surface area (Å²) in [5, 5.41) is 13.0. The second-order valence-corrected chi connectivity index (χ2v) is 4.73. The number of methoxy groups -OCH3 is 1. The van der Waals surface area contributed by atoms with E-state index in [9.17, 15) is 4.79 Å². The van der Waals surface area contributed by atoms with E-state index in [1.54, 1.807) is 31.4 Å². The number of nitrogens with one attached hydrogen (secondary N) is 3. The van der Waals surface area contributed by atoms with E-state index < -0.39 is 0 Å². The number of aryl methyl sites for hydroxylation is 1. The second kappa shape index (κ2) is 5.72. The molecule has 2 heterocycles. The molecule has 0 saturated carbocycles. The van der Waals surface area contributed by atoms with E-state index in [1.807, 2.05) is 19.1 Å². The van der Waals surface area contributed by atoms with E-state index in [2.05, 4.69) is 25.8 Å². The molecular weight excluding hydrogens is 282 g/mol. The molecule has 0 bridgehead atoms. The lowest BCUT2D eigenvalue weighted by Gasteiger charge is -2.07. The van der Waals surface area contributed by atoms with E-state index >= 15 is 0 Å². The summed E-state index contributed by atoms with van der Waals surface area (Å²) in [4.78, 5) is 16.4. The molecule has 7 heteroatoms. The lowest BCUT2D eigenvalue weighted by Crippen LogP contribution is -2.19. The Morgan fingerprint density at radius 2 is 2.09 bits per heavy atom. The van der Waals surface area contributed by atoms with Crippen LogP contribution in [-0.4, -0.2) is 28.3 Å². The SMILES string of the molecule is COc1cccc(NC(=O)Nc2n[nH]c3nc(C)ccc23)c1. The monoisotopic (exact) mass is 297 g/mol. The molecule has 1 aromatic carbocycles. The third-order valence-corrected chi connectivity index (χ3v) is 3.12. The molecule has 22 heavy (non-hydrogen) atoms. The van der Waals surface area contributed by atoms with Crippen LogP contribution in [0.5, 0.6) is 5.75 Å². The average Bonchev–Trinajstić information content (AvgIpc) is 2.89. The fourth-order valence-corrected chi connectivity index (χ4v) is 2.07. The zero-order valence-electron chi connectivity index (χ0n) is 12.2. The van der Waals surface area contributed by atoms with E-state index in [0.717, 1.165) is 11.1 Å². The number of carbonyl (C=O) groups is 1. The van der Waals surface area contributed by atoms with Crippen molar-refractivity contribution in [2.75, 3.05) is 17.7 Å². The molecule has 112 valence electrons. The molecule has 0 radical (unpaired) electrons. The molecule has 0 atom stereocenters. The molecular formula is C15H15N5O2. The number of benzene rings is 1. The van der Waals surface area contributed by atoms with Gasteiger partial charge in [-0.05, 0) is 31.2 Å². The quantitative estimate of drug-likeness (QED) is 0.693. The van der Waals surface area contributed by atoms with Crippen molar-refractivity contribution in [2.45, 2.75) is 6.92 Å². The number of nitrogens with zero attached hydrogens (tertiary/aromatic N) is 2. The first-order chi connectivity index (χ1) is 10.7. The van der Waals surface area contributed by atoms with Gasteiger partial charge in [0.15, 0.2) is 11.5 Å². The van der Waals surface area contributed by atoms with Crippen LogP contribution in [-0.2, 0) is 0 Å². The summed E-state index contributed by atoms with van der Waals surface area (Å²) < 4.78 is 5.11. The summed E-state index contributed by atoms with van der Waals surface area (Å²) in [6.07, 6.45) is 0. The Balaban J connectivity index is 1.75. The van der Waals surface area contributed by atoms with Gasteiger partial charge in [0.25, 0.3) is 0 Å². The smallest absolute Gasteiger partial charge is 0.324 e. The van der Waals surface area contributed by atoms with Crippen LogP contribution in [0.4, 0.5) is 16.3 Å². The van der Waals surface area contributed by atoms with Gasteiger partial charge in [0, 0.05) is 17.4 Å². The number of aromatic amines is 1. The molecule has 7 nitrogen and oxygen atoms in total. The van der Waals surface area contributed by atoms with Gasteiger partial charge >= 0.3 is 6.03 Å². The fourth-order valence-electron chi connectivity index (χ4n) is 2.07. The van der Waals surface area contributed by atoms with Gasteiger partial charge in [-0.25, -0.2) is 9.78 Å². The molecule has 0 spiro atoms. The maximum absolute atomic E-state index is 12.1. The number of ether oxygens (including phenoxy) is 1. The number of fused-ring (bicyclic) bond motifs is 1. The van der Waals surface area contributed by atoms with E-state index in [4.69, 9.17) is 4.74 Å². The summed E-state index contributed by atoms with van der Waals surface area (Å²) in [6.45, 7) is 1.89. The average molecular weight is 297 g/mol. The summed E-state index contributed by atoms with van der Waals surface area (Å²) in [5.41, 5.74) is 2.14. The number of aromatic nitrogens is 3. The van der Waals surface area contributed by atoms with Crippen LogP contribution in [0.15, 0.2) is 36.4 Å². The molecule has 0 aliphatic carbocycles. The van der Waals surface area contributed by atoms with Gasteiger partial charge < -0.3 is 10.1 Å². The Labute approximate surface area is 126 Å². The van der Waals surface area contributed by atoms with Gasteiger partial charge in [-0.2, -0.15) is 5.10 Å². The highest BCUT2D eigenvalue weighted by atomic mass is 16.5. The van der Waals surface area contributed by atoms with Crippen molar-refractivity contribution in [1.29, 1.82) is 0 Å². The van der Waals surface area contributed by atoms with Crippen LogP contribution in [0, 0.1) is 6.92 Å². The highest BCUT2D eigenvalue weighted by Gasteiger charge is 2.10. The van der Waals surface area contributed by atoms with Crippen molar-refractivity contribution >= 4 is 28.6 Å². The van der Waals surface area contributed by atoms with Crippen molar-refractivity contribution < 1.29 is 9.53 Å². The van der Waals surface area contributed by atoms with Crippen molar-refractivity contribution in [1.82, 2.24) is 15.2 Å². The molecule has 2 aromatic heterocycles. The zero-order chi connectivity index (χ0) is 15.5. The fraction of sp³-hybridized carbons (Fsp3) is 0.133. The predicted molar refractivity (Wildman–Crippen MR) is 84.3 cm³/mol. The van der Waals surface area contributed by atoms with Gasteiger partial charge in [0.05, 0.1) is 12.5 Å². The normalized spacial score (nSPS) is 10.5. The summed E-state index contributed by atoms with van der Waals surface area (Å²) in [6, 6.07) is 10.4. The van der Waals surface area contributed by atoms with E-state index in [1.165, 1.54) is 0 Å². The number of rotatable bonds is 3. The molecule has 3 aromatic rings. The van der Waals surface area contributed by atoms with Crippen LogP contribution in [0.25, 0.3) is 11.0 Å². The van der Waals surface area contributed by atoms with Gasteiger partial charge in [0.1, 0.15) is 5.75 Å². The number of anilines is 2. The number of pyridine rings is 1. The van der Waals surface area contributed by atoms with Crippen LogP contribution < -0.4 is 15.4 Å². The van der Waals surface area contributed by atoms with Crippen LogP contribution in [0.3, 0.4) is 0 Å². The van der Waals surface area contributed by atoms with Gasteiger partial charge in [-0.3, -0.25) is 10.4 Å². The largest absolute Gasteiger partial charge is 0.497 e. The molecule has 3 rings (SSSR count). The van der Waals surface area contributed by atoms with E-state index in [-0.39, 0.29) is 6.03 Å². The first-order valence-corrected chi connectivity index (χ1v) is 6.69. The van der Waals surface area contributed by atoms with Crippen LogP contribution >= 0.6 is 0 Å². The number of amides is 2. The minimum Gasteiger partial charge on any atom is -0.497 e. The molecule has 0 fully saturated rings. The zero-order valence-corrected chi connectivity index (χ0v) is 12.2. The number of H-pyrrole nitrogens is 1. The first-order valence-electron chi connectivity index (χ1n) is 6.69. The minimum absolute atomic E-state index is 0.387. The Kier molecular flexibility index (Phi) is 3.61. The number of hydrogen-bond donors (Lipinski definition) is 3. The van der Waals surface area contributed by atoms with Crippen LogP contribution in [0.2, 0.25) is 0 Å². The van der Waals surface area contributed by atoms with Crippen molar-refractivity contribution in [3.8, 4) is 5.75 Å². The topological polar surface area (TPSA) is 91.9 Å². The summed E-state index contributed by atoms with van der Waals surface area (Å²) in [5.74, 6) is 1.10. The molecule has 0 aliphatic heterocycles. The maximum Gasteiger partial charge on any atom is 0.324 e. The molecule has 0 aliphatic rings. The number of urea groups is 1. The lowest BCUT2D eigenvalue weighted by atomic mass is 10.3. The first kappa shape index (κ1) is 13.9. The minimum atomic E-state index is -0.387. The van der Waals surface area contributed by atoms with Gasteiger partial charge in [-0.15, -0.1) is 0 Å². The Hall–Kier alpha value is -3.09. The van der Waals surface area contributed by atoms with Crippen molar-refractivity contribution in [2.24, 2.45) is 0 Å². The van der Waals surface area contributed by atoms with Crippen LogP contribution in [0.1, 0.15) is 5.69 Å². The predicted octanol–water partition coefficient (Wildman–Crippen LogP) is 2.92. The standard InChI is InChI=1S/C15H15N5O2/c1-9-6-7-12-13(16-9)19-20-14(12)18-15(21)17-10-4-3-5-11(8-10)22-2/h3-8H,1-2H3,(H3,16,17,18,19,20,21). The molecule has 0 unspecified atom stereocenters. The van der Waals surface area contributed by atoms with Crippen molar-refractivity contribution in [3.63, 3.8) is 0 Å². The van der Waals surface area contributed by atoms with Gasteiger partial charge in [0.2, 0.25) is 0 Å². The Bertz CT molecular complexity index is 828. The van der Waals surface area contributed by atoms with E-state index in [0.29, 0.717) is 22.9 Å². The van der Waals surface area contributed by atoms with Gasteiger partial charge in [-0.1, -0.05) is 6.07 Å². The lowest BCUT2D eigenvalue weighted by molar-refractivity contribution is 0.262. The third-order valence-electron chi connectivity index (χ3n) is 3.12.